The summed E-state index contributed by atoms with van der Waals surface area (Å²) in [5.74, 6) is 0. The molecule has 0 amide bonds. The molecule has 90 valence electrons. The number of benzene rings is 1. The molecule has 0 bridgehead atoms. The van der Waals surface area contributed by atoms with Crippen molar-refractivity contribution < 1.29 is 0 Å². The lowest BCUT2D eigenvalue weighted by Crippen LogP contribution is -2.04. The molecule has 2 aromatic heterocycles. The molecule has 0 unspecified atom stereocenters. The number of hydrogen-bond acceptors (Lipinski definition) is 4. The molecule has 0 aliphatic carbocycles. The van der Waals surface area contributed by atoms with Gasteiger partial charge in [-0.25, -0.2) is 4.98 Å². The maximum absolute atomic E-state index is 4.31. The summed E-state index contributed by atoms with van der Waals surface area (Å²) in [5.41, 5.74) is 2.16. The zero-order valence-corrected chi connectivity index (χ0v) is 10.7. The lowest BCUT2D eigenvalue weighted by molar-refractivity contribution is 0.999. The first-order chi connectivity index (χ1) is 8.92. The summed E-state index contributed by atoms with van der Waals surface area (Å²) in [7, 11) is 0. The minimum atomic E-state index is 0.902. The fraction of sp³-hybridized carbons (Fsp3) is 0.143. The van der Waals surface area contributed by atoms with Gasteiger partial charge in [0.05, 0.1) is 10.5 Å². The topological polar surface area (TPSA) is 37.8 Å². The van der Waals surface area contributed by atoms with Crippen LogP contribution in [-0.2, 0) is 6.42 Å². The van der Waals surface area contributed by atoms with Crippen molar-refractivity contribution in [2.75, 3.05) is 11.9 Å². The van der Waals surface area contributed by atoms with E-state index in [-0.39, 0.29) is 0 Å². The second-order valence-corrected chi connectivity index (χ2v) is 4.99. The molecule has 0 fully saturated rings. The van der Waals surface area contributed by atoms with Gasteiger partial charge in [-0.1, -0.05) is 6.07 Å². The third-order valence-corrected chi connectivity index (χ3v) is 3.59. The number of nitrogens with one attached hydrogen (secondary N) is 1. The van der Waals surface area contributed by atoms with Crippen LogP contribution in [0.5, 0.6) is 0 Å². The smallest absolute Gasteiger partial charge is 0.0942 e. The lowest BCUT2D eigenvalue weighted by Gasteiger charge is -2.06. The highest BCUT2D eigenvalue weighted by molar-refractivity contribution is 7.09. The molecule has 3 aromatic rings. The molecular weight excluding hydrogens is 242 g/mol. The van der Waals surface area contributed by atoms with Crippen molar-refractivity contribution in [3.8, 4) is 0 Å². The van der Waals surface area contributed by atoms with Gasteiger partial charge in [0.1, 0.15) is 0 Å². The molecular formula is C14H13N3S. The highest BCUT2D eigenvalue weighted by Crippen LogP contribution is 2.17. The number of nitrogens with zero attached hydrogens (tertiary/aromatic N) is 2. The number of fused-ring (bicyclic) bond motifs is 1. The SMILES string of the molecule is c1cnc2ccc(NCCc3nccs3)cc2c1. The Kier molecular flexibility index (Phi) is 3.19. The van der Waals surface area contributed by atoms with Crippen molar-refractivity contribution in [2.24, 2.45) is 0 Å². The Morgan fingerprint density at radius 2 is 2.11 bits per heavy atom. The molecule has 0 spiro atoms. The first kappa shape index (κ1) is 11.2. The van der Waals surface area contributed by atoms with Crippen molar-refractivity contribution in [3.05, 3.63) is 53.1 Å². The van der Waals surface area contributed by atoms with Gasteiger partial charge in [-0.15, -0.1) is 11.3 Å². The first-order valence-electron chi connectivity index (χ1n) is 5.89. The number of aromatic nitrogens is 2. The van der Waals surface area contributed by atoms with E-state index < -0.39 is 0 Å². The van der Waals surface area contributed by atoms with Crippen LogP contribution in [0.25, 0.3) is 10.9 Å². The normalized spacial score (nSPS) is 10.7. The van der Waals surface area contributed by atoms with Crippen LogP contribution >= 0.6 is 11.3 Å². The van der Waals surface area contributed by atoms with Gasteiger partial charge in [0.25, 0.3) is 0 Å². The van der Waals surface area contributed by atoms with Crippen LogP contribution < -0.4 is 5.32 Å². The van der Waals surface area contributed by atoms with Crippen LogP contribution in [-0.4, -0.2) is 16.5 Å². The zero-order valence-electron chi connectivity index (χ0n) is 9.84. The quantitative estimate of drug-likeness (QED) is 0.777. The van der Waals surface area contributed by atoms with Crippen LogP contribution in [0.2, 0.25) is 0 Å². The second kappa shape index (κ2) is 5.14. The van der Waals surface area contributed by atoms with Gasteiger partial charge in [0.2, 0.25) is 0 Å². The fourth-order valence-electron chi connectivity index (χ4n) is 1.88. The van der Waals surface area contributed by atoms with E-state index in [1.54, 1.807) is 11.3 Å². The zero-order chi connectivity index (χ0) is 12.2. The van der Waals surface area contributed by atoms with E-state index in [4.69, 9.17) is 0 Å². The Balaban J connectivity index is 1.67. The van der Waals surface area contributed by atoms with Gasteiger partial charge < -0.3 is 5.32 Å². The summed E-state index contributed by atoms with van der Waals surface area (Å²) in [6.07, 6.45) is 4.63. The van der Waals surface area contributed by atoms with E-state index in [0.717, 1.165) is 29.6 Å². The van der Waals surface area contributed by atoms with E-state index in [9.17, 15) is 0 Å². The summed E-state index contributed by atoms with van der Waals surface area (Å²) in [6, 6.07) is 10.3. The van der Waals surface area contributed by atoms with Crippen molar-refractivity contribution in [1.82, 2.24) is 9.97 Å². The van der Waals surface area contributed by atoms with Crippen LogP contribution in [0.3, 0.4) is 0 Å². The van der Waals surface area contributed by atoms with Crippen molar-refractivity contribution >= 4 is 27.9 Å². The van der Waals surface area contributed by atoms with Crippen molar-refractivity contribution in [3.63, 3.8) is 0 Å². The van der Waals surface area contributed by atoms with E-state index in [2.05, 4.69) is 33.5 Å². The van der Waals surface area contributed by atoms with Gasteiger partial charge >= 0.3 is 0 Å². The average Bonchev–Trinajstić information content (AvgIpc) is 2.92. The van der Waals surface area contributed by atoms with E-state index in [1.807, 2.05) is 29.9 Å². The third kappa shape index (κ3) is 2.49. The Morgan fingerprint density at radius 3 is 3.00 bits per heavy atom. The van der Waals surface area contributed by atoms with Crippen LogP contribution in [0, 0.1) is 0 Å². The molecule has 4 heteroatoms. The maximum Gasteiger partial charge on any atom is 0.0942 e. The van der Waals surface area contributed by atoms with Crippen LogP contribution in [0.15, 0.2) is 48.1 Å². The van der Waals surface area contributed by atoms with E-state index in [0.29, 0.717) is 0 Å². The van der Waals surface area contributed by atoms with Gasteiger partial charge in [-0.2, -0.15) is 0 Å². The Hall–Kier alpha value is -1.94. The summed E-state index contributed by atoms with van der Waals surface area (Å²) in [5, 5.41) is 7.76. The first-order valence-corrected chi connectivity index (χ1v) is 6.77. The average molecular weight is 255 g/mol. The molecule has 3 rings (SSSR count). The van der Waals surface area contributed by atoms with Crippen molar-refractivity contribution in [2.45, 2.75) is 6.42 Å². The fourth-order valence-corrected chi connectivity index (χ4v) is 2.50. The van der Waals surface area contributed by atoms with Gasteiger partial charge in [0.15, 0.2) is 0 Å². The minimum Gasteiger partial charge on any atom is -0.385 e. The van der Waals surface area contributed by atoms with Gasteiger partial charge in [0, 0.05) is 41.8 Å². The number of hydrogen-bond donors (Lipinski definition) is 1. The van der Waals surface area contributed by atoms with E-state index >= 15 is 0 Å². The molecule has 18 heavy (non-hydrogen) atoms. The van der Waals surface area contributed by atoms with Gasteiger partial charge in [-0.05, 0) is 24.3 Å². The molecule has 0 saturated carbocycles. The molecule has 0 aliphatic rings. The standard InChI is InChI=1S/C14H13N3S/c1-2-11-10-12(3-4-13(11)16-6-1)15-7-5-14-17-8-9-18-14/h1-4,6,8-10,15H,5,7H2. The highest BCUT2D eigenvalue weighted by Gasteiger charge is 1.98. The molecule has 0 atom stereocenters. The summed E-state index contributed by atoms with van der Waals surface area (Å²) < 4.78 is 0. The Morgan fingerprint density at radius 1 is 1.11 bits per heavy atom. The van der Waals surface area contributed by atoms with E-state index in [1.165, 1.54) is 5.01 Å². The Bertz CT molecular complexity index is 634. The second-order valence-electron chi connectivity index (χ2n) is 4.01. The molecule has 0 radical (unpaired) electrons. The predicted molar refractivity (Wildman–Crippen MR) is 76.1 cm³/mol. The summed E-state index contributed by atoms with van der Waals surface area (Å²) >= 11 is 1.70. The van der Waals surface area contributed by atoms with Crippen LogP contribution in [0.1, 0.15) is 5.01 Å². The minimum absolute atomic E-state index is 0.902. The predicted octanol–water partition coefficient (Wildman–Crippen LogP) is 3.35. The number of thiazole rings is 1. The number of anilines is 1. The molecule has 3 nitrogen and oxygen atoms in total. The third-order valence-electron chi connectivity index (χ3n) is 2.75. The monoisotopic (exact) mass is 255 g/mol. The summed E-state index contributed by atoms with van der Waals surface area (Å²) in [6.45, 7) is 0.902. The Labute approximate surface area is 110 Å². The van der Waals surface area contributed by atoms with Gasteiger partial charge in [-0.3, -0.25) is 4.98 Å². The lowest BCUT2D eigenvalue weighted by atomic mass is 10.2. The molecule has 1 aromatic carbocycles. The molecule has 1 N–H and O–H groups in total. The highest BCUT2D eigenvalue weighted by atomic mass is 32.1. The largest absolute Gasteiger partial charge is 0.385 e. The number of rotatable bonds is 4. The number of pyridine rings is 1. The van der Waals surface area contributed by atoms with Crippen LogP contribution in [0.4, 0.5) is 5.69 Å². The molecule has 0 aliphatic heterocycles. The van der Waals surface area contributed by atoms with Crippen molar-refractivity contribution in [1.29, 1.82) is 0 Å². The molecule has 2 heterocycles. The molecule has 0 saturated heterocycles. The summed E-state index contributed by atoms with van der Waals surface area (Å²) in [4.78, 5) is 8.57. The maximum atomic E-state index is 4.31.